The summed E-state index contributed by atoms with van der Waals surface area (Å²) in [7, 11) is 0. The van der Waals surface area contributed by atoms with Gasteiger partial charge in [0, 0.05) is 75.0 Å². The normalized spacial score (nSPS) is 13.2. The maximum atomic E-state index is 13.0. The van der Waals surface area contributed by atoms with Gasteiger partial charge in [-0.05, 0) is 109 Å². The third-order valence-corrected chi connectivity index (χ3v) is 21.1. The number of phenolic OH excluding ortho intramolecular Hbond substituents is 1. The quantitative estimate of drug-likeness (QED) is 0.126. The third kappa shape index (κ3) is 13.3. The van der Waals surface area contributed by atoms with Crippen LogP contribution in [0.4, 0.5) is 0 Å². The lowest BCUT2D eigenvalue weighted by Gasteiger charge is -2.29. The number of hydrogen-bond donors (Lipinski definition) is 1. The molecule has 0 radical (unpaired) electrons. The molecule has 0 amide bonds. The summed E-state index contributed by atoms with van der Waals surface area (Å²) in [6.45, 7) is 34.0. The van der Waals surface area contributed by atoms with Crippen molar-refractivity contribution in [2.75, 3.05) is 0 Å². The third-order valence-electron chi connectivity index (χ3n) is 15.1. The number of nitrogens with zero attached hydrogens (tertiary/aromatic N) is 6. The molecule has 0 spiro atoms. The second-order valence-corrected chi connectivity index (χ2v) is 31.5. The average Bonchev–Trinajstić information content (AvgIpc) is 3.77. The first kappa shape index (κ1) is 59.6. The molecule has 1 aliphatic carbocycles. The summed E-state index contributed by atoms with van der Waals surface area (Å²) in [5.74, 6) is 2.63. The summed E-state index contributed by atoms with van der Waals surface area (Å²) in [5, 5.41) is 30.8. The summed E-state index contributed by atoms with van der Waals surface area (Å²) < 4.78 is 21.9. The first-order valence-electron chi connectivity index (χ1n) is 28.5. The lowest BCUT2D eigenvalue weighted by molar-refractivity contribution is 0.291. The highest BCUT2D eigenvalue weighted by molar-refractivity contribution is 7.20. The van der Waals surface area contributed by atoms with E-state index in [0.29, 0.717) is 25.7 Å². The molecule has 11 rings (SSSR count). The van der Waals surface area contributed by atoms with Crippen LogP contribution in [0.1, 0.15) is 184 Å². The Morgan fingerprint density at radius 1 is 0.333 bits per heavy atom. The molecule has 16 heteroatoms. The van der Waals surface area contributed by atoms with Crippen LogP contribution in [-0.2, 0) is 67.2 Å². The maximum absolute atomic E-state index is 13.0. The van der Waals surface area contributed by atoms with Gasteiger partial charge in [0.15, 0.2) is 30.0 Å². The Hall–Kier alpha value is -6.14. The minimum absolute atomic E-state index is 0.237. The number of benzene rings is 4. The highest BCUT2D eigenvalue weighted by atomic mass is 32.1. The van der Waals surface area contributed by atoms with E-state index in [-0.39, 0.29) is 47.2 Å². The number of aromatic nitrogens is 6. The van der Waals surface area contributed by atoms with E-state index in [9.17, 15) is 5.11 Å². The van der Waals surface area contributed by atoms with Crippen LogP contribution in [0.5, 0.6) is 23.0 Å². The molecular formula is C68H74N6O4S6. The van der Waals surface area contributed by atoms with Crippen molar-refractivity contribution in [1.82, 2.24) is 29.9 Å². The van der Waals surface area contributed by atoms with Crippen molar-refractivity contribution in [3.8, 4) is 53.0 Å². The molecule has 0 fully saturated rings. The topological polar surface area (TPSA) is 125 Å². The van der Waals surface area contributed by atoms with Crippen molar-refractivity contribution < 1.29 is 19.3 Å². The fourth-order valence-electron chi connectivity index (χ4n) is 10.4. The maximum Gasteiger partial charge on any atom is 0.152 e. The summed E-state index contributed by atoms with van der Waals surface area (Å²) >= 11 is 9.60. The molecule has 4 aromatic carbocycles. The molecule has 0 atom stereocenters. The van der Waals surface area contributed by atoms with Crippen LogP contribution >= 0.6 is 68.0 Å². The molecule has 0 unspecified atom stereocenters. The van der Waals surface area contributed by atoms with Crippen LogP contribution in [-0.4, -0.2) is 35.0 Å². The van der Waals surface area contributed by atoms with Gasteiger partial charge in [-0.1, -0.05) is 132 Å². The first-order valence-corrected chi connectivity index (χ1v) is 33.8. The number of aryl methyl sites for hydroxylation is 3. The number of ether oxygens (including phenoxy) is 3. The Balaban J connectivity index is 1.14. The van der Waals surface area contributed by atoms with Gasteiger partial charge in [-0.3, -0.25) is 0 Å². The zero-order chi connectivity index (χ0) is 59.6. The minimum atomic E-state index is -0.242. The van der Waals surface area contributed by atoms with E-state index in [2.05, 4.69) is 164 Å². The molecule has 6 aromatic heterocycles. The Morgan fingerprint density at radius 2 is 0.548 bits per heavy atom. The molecule has 0 saturated heterocycles. The van der Waals surface area contributed by atoms with E-state index < -0.39 is 0 Å². The number of thiazole rings is 6. The van der Waals surface area contributed by atoms with Gasteiger partial charge in [0.25, 0.3) is 0 Å². The number of phenols is 1. The predicted octanol–water partition coefficient (Wildman–Crippen LogP) is 18.7. The summed E-state index contributed by atoms with van der Waals surface area (Å²) in [6.07, 6.45) is 1.80. The molecule has 10 aromatic rings. The van der Waals surface area contributed by atoms with Gasteiger partial charge < -0.3 is 19.3 Å². The second-order valence-electron chi connectivity index (χ2n) is 26.4. The van der Waals surface area contributed by atoms with Gasteiger partial charge in [0.05, 0.1) is 17.1 Å². The number of rotatable bonds is 12. The molecule has 8 bridgehead atoms. The van der Waals surface area contributed by atoms with E-state index in [1.165, 1.54) is 16.7 Å². The summed E-state index contributed by atoms with van der Waals surface area (Å²) in [4.78, 5) is 29.6. The van der Waals surface area contributed by atoms with Crippen molar-refractivity contribution in [1.29, 1.82) is 0 Å². The van der Waals surface area contributed by atoms with Crippen molar-refractivity contribution in [2.24, 2.45) is 0 Å². The average molecular weight is 1230 g/mol. The second kappa shape index (κ2) is 23.3. The van der Waals surface area contributed by atoms with E-state index in [1.54, 1.807) is 68.0 Å². The smallest absolute Gasteiger partial charge is 0.152 e. The van der Waals surface area contributed by atoms with Crippen molar-refractivity contribution >= 4 is 68.0 Å². The molecule has 0 saturated carbocycles. The number of hydrogen-bond acceptors (Lipinski definition) is 16. The van der Waals surface area contributed by atoms with Gasteiger partial charge in [-0.2, -0.15) is 0 Å². The van der Waals surface area contributed by atoms with Crippen LogP contribution < -0.4 is 14.2 Å². The first-order chi connectivity index (χ1) is 39.7. The van der Waals surface area contributed by atoms with Crippen LogP contribution in [0.25, 0.3) is 30.0 Å². The van der Waals surface area contributed by atoms with Crippen LogP contribution in [0.3, 0.4) is 0 Å². The Labute approximate surface area is 519 Å². The molecule has 436 valence electrons. The summed E-state index contributed by atoms with van der Waals surface area (Å²) in [6, 6.07) is 18.4. The Kier molecular flexibility index (Phi) is 16.5. The summed E-state index contributed by atoms with van der Waals surface area (Å²) in [5.41, 5.74) is 16.9. The molecular weight excluding hydrogens is 1160 g/mol. The van der Waals surface area contributed by atoms with Gasteiger partial charge in [0.1, 0.15) is 42.8 Å². The fourth-order valence-corrected chi connectivity index (χ4v) is 15.4. The van der Waals surface area contributed by atoms with E-state index in [4.69, 9.17) is 44.1 Å². The molecule has 1 aliphatic rings. The highest BCUT2D eigenvalue weighted by Gasteiger charge is 2.30. The number of aromatic hydroxyl groups is 1. The standard InChI is InChI=1S/C68H74N6O4S6/c1-37-31-79-59(69-37)62-72-52(34-82-62)28-76-56-42-16-40-20-48(65(4,5)6)21-41(55(40)75)17-43-23-50(67(10,11)12)25-45(57(43)77-29-53-35-83-63(73-53)60-70-38(2)32-80-60)19-47-27-51(68(13,14)15)26-46(18-44(56)24-49(22-42)66(7,8)9)58(47)78-30-54-36-84-64(74-54)61-71-39(3)33-81-61/h20-27,31-36,75H,16-19,28-30H2,1-15H3. The van der Waals surface area contributed by atoms with E-state index in [0.717, 1.165) is 132 Å². The van der Waals surface area contributed by atoms with Crippen molar-refractivity contribution in [2.45, 2.75) is 171 Å². The zero-order valence-corrected chi connectivity index (χ0v) is 55.7. The Bertz CT molecular complexity index is 3850. The lowest BCUT2D eigenvalue weighted by atomic mass is 9.79. The van der Waals surface area contributed by atoms with Gasteiger partial charge >= 0.3 is 0 Å². The van der Waals surface area contributed by atoms with Gasteiger partial charge in [-0.15, -0.1) is 68.0 Å². The molecule has 10 nitrogen and oxygen atoms in total. The van der Waals surface area contributed by atoms with E-state index in [1.807, 2.05) is 20.8 Å². The van der Waals surface area contributed by atoms with Crippen LogP contribution in [0.15, 0.2) is 80.8 Å². The monoisotopic (exact) mass is 1230 g/mol. The van der Waals surface area contributed by atoms with Gasteiger partial charge in [-0.25, -0.2) is 29.9 Å². The fraction of sp³-hybridized carbons (Fsp3) is 0.382. The number of fused-ring (bicyclic) bond motifs is 8. The molecule has 84 heavy (non-hydrogen) atoms. The molecule has 6 heterocycles. The van der Waals surface area contributed by atoms with E-state index >= 15 is 0 Å². The lowest BCUT2D eigenvalue weighted by Crippen LogP contribution is -2.17. The zero-order valence-electron chi connectivity index (χ0n) is 50.8. The van der Waals surface area contributed by atoms with Gasteiger partial charge in [0.2, 0.25) is 0 Å². The van der Waals surface area contributed by atoms with Crippen LogP contribution in [0.2, 0.25) is 0 Å². The largest absolute Gasteiger partial charge is 0.507 e. The Morgan fingerprint density at radius 3 is 0.774 bits per heavy atom. The molecule has 0 aliphatic heterocycles. The van der Waals surface area contributed by atoms with Crippen molar-refractivity contribution in [3.63, 3.8) is 0 Å². The van der Waals surface area contributed by atoms with Crippen LogP contribution in [0, 0.1) is 20.8 Å². The highest BCUT2D eigenvalue weighted by Crippen LogP contribution is 2.45. The molecule has 1 N–H and O–H groups in total. The predicted molar refractivity (Wildman–Crippen MR) is 350 cm³/mol. The SMILES string of the molecule is Cc1csc(-c2nc(COc3c4cc(C(C)(C)C)cc3Cc3cc(C(C)(C)C)cc(c3OCc3csc(-c5nc(C)cs5)n3)Cc3cc(C(C)(C)C)cc(c3OCc3csc(-c5nc(C)cs5)n3)Cc3cc(C(C)(C)C)cc(c3O)C4)cs2)n1. The minimum Gasteiger partial charge on any atom is -0.507 e. The van der Waals surface area contributed by atoms with Crippen molar-refractivity contribution in [3.05, 3.63) is 182 Å².